The Hall–Kier alpha value is -1.51. The third-order valence-corrected chi connectivity index (χ3v) is 11.3. The second-order valence-corrected chi connectivity index (χ2v) is 17.4. The predicted octanol–water partition coefficient (Wildman–Crippen LogP) is 15.1. The number of ether oxygens (including phenoxy) is 2. The van der Waals surface area contributed by atoms with Gasteiger partial charge in [-0.2, -0.15) is 0 Å². The van der Waals surface area contributed by atoms with Gasteiger partial charge in [0.2, 0.25) is 0 Å². The van der Waals surface area contributed by atoms with E-state index in [2.05, 4.69) is 49.9 Å². The minimum Gasteiger partial charge on any atom is -0.466 e. The van der Waals surface area contributed by atoms with Crippen molar-refractivity contribution < 1.29 is 19.1 Å². The number of aromatic nitrogens is 1. The molecule has 8 heteroatoms. The fourth-order valence-electron chi connectivity index (χ4n) is 7.00. The van der Waals surface area contributed by atoms with Crippen molar-refractivity contribution in [1.82, 2.24) is 15.2 Å². The Balaban J connectivity index is 0. The summed E-state index contributed by atoms with van der Waals surface area (Å²) in [5, 5.41) is 5.12. The van der Waals surface area contributed by atoms with Gasteiger partial charge in [-0.3, -0.25) is 14.6 Å². The maximum Gasteiger partial charge on any atom is 0.306 e. The number of nitrogens with one attached hydrogen (secondary N) is 1. The highest BCUT2D eigenvalue weighted by atomic mass is 32.1. The van der Waals surface area contributed by atoms with E-state index >= 15 is 0 Å². The van der Waals surface area contributed by atoms with Crippen molar-refractivity contribution in [2.24, 2.45) is 0 Å². The van der Waals surface area contributed by atoms with Crippen LogP contribution in [0.4, 0.5) is 0 Å². The van der Waals surface area contributed by atoms with E-state index in [9.17, 15) is 9.59 Å². The van der Waals surface area contributed by atoms with Gasteiger partial charge in [0.05, 0.1) is 12.1 Å². The van der Waals surface area contributed by atoms with Crippen molar-refractivity contribution in [2.45, 2.75) is 252 Å². The standard InChI is InChI=1S/C25H50O2.C22H46N2O2.C3H3NS/c1-4-7-10-13-16-18-21-24(22-19-17-14-11-8-5-2)27-25(26)23-20-15-12-9-6-3;1-4-5-6-7-8-12-15-21-26-22(25)17-13-10-9-11-14-19-24(3)20-16-18-23-2;1-2-5-3-4-1/h24H,4-23H2,1-3H3;23H,4-21H2,1-3H3;1-3H. The van der Waals surface area contributed by atoms with Crippen LogP contribution in [0, 0.1) is 0 Å². The Labute approximate surface area is 365 Å². The molecule has 344 valence electrons. The van der Waals surface area contributed by atoms with Crippen LogP contribution in [0.2, 0.25) is 0 Å². The summed E-state index contributed by atoms with van der Waals surface area (Å²) in [5.74, 6) is 0.0497. The van der Waals surface area contributed by atoms with Gasteiger partial charge in [0, 0.05) is 24.4 Å². The van der Waals surface area contributed by atoms with Crippen LogP contribution in [0.1, 0.15) is 246 Å². The number of unbranched alkanes of at least 4 members (excludes halogenated alkanes) is 24. The summed E-state index contributed by atoms with van der Waals surface area (Å²) in [6.45, 7) is 13.1. The van der Waals surface area contributed by atoms with Crippen molar-refractivity contribution in [3.63, 3.8) is 0 Å². The van der Waals surface area contributed by atoms with Gasteiger partial charge in [0.15, 0.2) is 0 Å². The average molecular weight is 838 g/mol. The SMILES string of the molecule is CCCCCCCCC(CCCCCCCC)OC(=O)CCCCCCC.CCCCCCCCCOC(=O)CCCCCCCN(C)CCCNC.c1cscn1. The molecule has 0 amide bonds. The smallest absolute Gasteiger partial charge is 0.306 e. The van der Waals surface area contributed by atoms with Crippen molar-refractivity contribution >= 4 is 23.3 Å². The number of carbonyl (C=O) groups excluding carboxylic acids is 2. The summed E-state index contributed by atoms with van der Waals surface area (Å²) in [6, 6.07) is 0. The Bertz CT molecular complexity index is 870. The number of rotatable bonds is 41. The Morgan fingerprint density at radius 2 is 1.00 bits per heavy atom. The fraction of sp³-hybridized carbons (Fsp3) is 0.900. The number of thiazole rings is 1. The molecule has 0 saturated heterocycles. The molecule has 1 N–H and O–H groups in total. The highest BCUT2D eigenvalue weighted by molar-refractivity contribution is 7.07. The predicted molar refractivity (Wildman–Crippen MR) is 254 cm³/mol. The van der Waals surface area contributed by atoms with Gasteiger partial charge in [-0.05, 0) is 91.5 Å². The summed E-state index contributed by atoms with van der Waals surface area (Å²) in [7, 11) is 4.21. The minimum absolute atomic E-state index is 0.000231. The third kappa shape index (κ3) is 50.6. The molecule has 58 heavy (non-hydrogen) atoms. The van der Waals surface area contributed by atoms with E-state index in [0.717, 1.165) is 45.1 Å². The number of esters is 2. The first-order chi connectivity index (χ1) is 28.4. The van der Waals surface area contributed by atoms with E-state index in [-0.39, 0.29) is 18.0 Å². The molecule has 0 atom stereocenters. The first-order valence-electron chi connectivity index (χ1n) is 24.9. The molecule has 0 spiro atoms. The number of carbonyl (C=O) groups is 2. The van der Waals surface area contributed by atoms with Crippen LogP contribution in [-0.4, -0.2) is 68.3 Å². The van der Waals surface area contributed by atoms with E-state index < -0.39 is 0 Å². The Morgan fingerprint density at radius 3 is 1.45 bits per heavy atom. The van der Waals surface area contributed by atoms with E-state index in [1.54, 1.807) is 23.0 Å². The lowest BCUT2D eigenvalue weighted by Gasteiger charge is -2.18. The highest BCUT2D eigenvalue weighted by Gasteiger charge is 2.14. The van der Waals surface area contributed by atoms with Gasteiger partial charge in [0.25, 0.3) is 0 Å². The molecule has 1 heterocycles. The topological polar surface area (TPSA) is 80.8 Å². The lowest BCUT2D eigenvalue weighted by atomic mass is 10.0. The fourth-order valence-corrected chi connectivity index (χ4v) is 7.35. The average Bonchev–Trinajstić information content (AvgIpc) is 3.82. The van der Waals surface area contributed by atoms with Crippen molar-refractivity contribution in [3.8, 4) is 0 Å². The first kappa shape index (κ1) is 58.6. The lowest BCUT2D eigenvalue weighted by Crippen LogP contribution is -2.23. The normalized spacial score (nSPS) is 11.0. The van der Waals surface area contributed by atoms with Gasteiger partial charge >= 0.3 is 11.9 Å². The first-order valence-corrected chi connectivity index (χ1v) is 25.9. The summed E-state index contributed by atoms with van der Waals surface area (Å²) in [4.78, 5) is 30.1. The molecule has 0 aromatic carbocycles. The number of hydrogen-bond donors (Lipinski definition) is 1. The molecule has 0 aliphatic carbocycles. The summed E-state index contributed by atoms with van der Waals surface area (Å²) >= 11 is 1.60. The van der Waals surface area contributed by atoms with Crippen molar-refractivity contribution in [3.05, 3.63) is 17.1 Å². The minimum atomic E-state index is 0.000231. The van der Waals surface area contributed by atoms with Gasteiger partial charge < -0.3 is 19.7 Å². The molecule has 7 nitrogen and oxygen atoms in total. The largest absolute Gasteiger partial charge is 0.466 e. The van der Waals surface area contributed by atoms with Crippen LogP contribution in [0.15, 0.2) is 17.1 Å². The van der Waals surface area contributed by atoms with Gasteiger partial charge in [0.1, 0.15) is 6.10 Å². The van der Waals surface area contributed by atoms with Crippen LogP contribution >= 0.6 is 11.3 Å². The molecule has 0 radical (unpaired) electrons. The molecule has 0 aliphatic heterocycles. The molecule has 0 fully saturated rings. The second-order valence-electron chi connectivity index (χ2n) is 16.7. The zero-order valence-electron chi connectivity index (χ0n) is 39.6. The zero-order chi connectivity index (χ0) is 42.8. The molecule has 1 aromatic heterocycles. The summed E-state index contributed by atoms with van der Waals surface area (Å²) < 4.78 is 11.2. The summed E-state index contributed by atoms with van der Waals surface area (Å²) in [5.41, 5.74) is 1.79. The van der Waals surface area contributed by atoms with E-state index in [4.69, 9.17) is 9.47 Å². The van der Waals surface area contributed by atoms with E-state index in [0.29, 0.717) is 19.4 Å². The van der Waals surface area contributed by atoms with Crippen molar-refractivity contribution in [1.29, 1.82) is 0 Å². The Kier molecular flexibility index (Phi) is 52.1. The molecule has 1 aromatic rings. The van der Waals surface area contributed by atoms with Gasteiger partial charge in [-0.1, -0.05) is 175 Å². The number of nitrogens with zero attached hydrogens (tertiary/aromatic N) is 2. The number of hydrogen-bond acceptors (Lipinski definition) is 8. The molecular formula is C50H99N3O4S. The highest BCUT2D eigenvalue weighted by Crippen LogP contribution is 2.18. The van der Waals surface area contributed by atoms with Crippen LogP contribution in [0.5, 0.6) is 0 Å². The van der Waals surface area contributed by atoms with Crippen LogP contribution in [0.25, 0.3) is 0 Å². The second kappa shape index (κ2) is 51.6. The molecule has 0 saturated carbocycles. The Morgan fingerprint density at radius 1 is 0.569 bits per heavy atom. The van der Waals surface area contributed by atoms with Crippen LogP contribution in [-0.2, 0) is 19.1 Å². The van der Waals surface area contributed by atoms with Gasteiger partial charge in [-0.15, -0.1) is 11.3 Å². The molecular weight excluding hydrogens is 739 g/mol. The molecule has 0 aliphatic rings. The summed E-state index contributed by atoms with van der Waals surface area (Å²) in [6.07, 6.45) is 42.9. The van der Waals surface area contributed by atoms with Crippen molar-refractivity contribution in [2.75, 3.05) is 40.3 Å². The van der Waals surface area contributed by atoms with E-state index in [1.165, 1.54) is 180 Å². The molecule has 0 bridgehead atoms. The van der Waals surface area contributed by atoms with E-state index in [1.807, 2.05) is 12.4 Å². The maximum atomic E-state index is 12.2. The lowest BCUT2D eigenvalue weighted by molar-refractivity contribution is -0.150. The maximum absolute atomic E-state index is 12.2. The third-order valence-electron chi connectivity index (χ3n) is 10.8. The van der Waals surface area contributed by atoms with Gasteiger partial charge in [-0.25, -0.2) is 0 Å². The quantitative estimate of drug-likeness (QED) is 0.0520. The molecule has 0 unspecified atom stereocenters. The molecule has 1 rings (SSSR count). The monoisotopic (exact) mass is 838 g/mol. The zero-order valence-corrected chi connectivity index (χ0v) is 40.4. The van der Waals surface area contributed by atoms with Crippen LogP contribution < -0.4 is 5.32 Å². The van der Waals surface area contributed by atoms with Crippen LogP contribution in [0.3, 0.4) is 0 Å².